The van der Waals surface area contributed by atoms with E-state index < -0.39 is 0 Å². The molecule has 2 aliphatic carbocycles. The summed E-state index contributed by atoms with van der Waals surface area (Å²) in [5.74, 6) is 0.740. The highest BCUT2D eigenvalue weighted by molar-refractivity contribution is 5.28. The van der Waals surface area contributed by atoms with Gasteiger partial charge in [-0.25, -0.2) is 0 Å². The first-order valence-electron chi connectivity index (χ1n) is 9.24. The van der Waals surface area contributed by atoms with Crippen LogP contribution in [0.15, 0.2) is 48.8 Å². The number of hydrogen-bond acceptors (Lipinski definition) is 3. The molecule has 5 rings (SSSR count). The maximum Gasteiger partial charge on any atom is 0.0316 e. The Morgan fingerprint density at radius 1 is 1.08 bits per heavy atom. The summed E-state index contributed by atoms with van der Waals surface area (Å²) in [6.07, 6.45) is 8.04. The maximum absolute atomic E-state index is 4.27. The predicted octanol–water partition coefficient (Wildman–Crippen LogP) is 3.32. The number of benzene rings is 1. The van der Waals surface area contributed by atoms with Crippen molar-refractivity contribution < 1.29 is 0 Å². The van der Waals surface area contributed by atoms with Crippen molar-refractivity contribution in [2.45, 2.75) is 44.3 Å². The lowest BCUT2D eigenvalue weighted by Crippen LogP contribution is -2.34. The molecule has 2 atom stereocenters. The average Bonchev–Trinajstić information content (AvgIpc) is 3.51. The summed E-state index contributed by atoms with van der Waals surface area (Å²) in [5.41, 5.74) is 4.93. The highest BCUT2D eigenvalue weighted by Gasteiger charge is 2.46. The Hall–Kier alpha value is -1.71. The fraction of sp³-hybridized carbons (Fsp3) is 0.476. The van der Waals surface area contributed by atoms with Crippen molar-refractivity contribution in [3.63, 3.8) is 0 Å². The van der Waals surface area contributed by atoms with E-state index in [9.17, 15) is 0 Å². The van der Waals surface area contributed by atoms with E-state index in [-0.39, 0.29) is 0 Å². The van der Waals surface area contributed by atoms with Crippen LogP contribution in [-0.2, 0) is 13.1 Å². The van der Waals surface area contributed by atoms with E-state index in [1.54, 1.807) is 0 Å². The van der Waals surface area contributed by atoms with Crippen LogP contribution in [0.3, 0.4) is 0 Å². The zero-order valence-electron chi connectivity index (χ0n) is 14.1. The van der Waals surface area contributed by atoms with E-state index in [1.807, 2.05) is 12.4 Å². The second kappa shape index (κ2) is 5.68. The Morgan fingerprint density at radius 3 is 2.71 bits per heavy atom. The molecule has 1 aliphatic heterocycles. The lowest BCUT2D eigenvalue weighted by molar-refractivity contribution is 0.219. The SMILES string of the molecule is c1ccc([C@H]2CC2NCC2(CN3Cc4ccncc4C3)CC2)cc1. The van der Waals surface area contributed by atoms with Gasteiger partial charge in [0.1, 0.15) is 0 Å². The van der Waals surface area contributed by atoms with E-state index in [4.69, 9.17) is 0 Å². The van der Waals surface area contributed by atoms with Crippen molar-refractivity contribution >= 4 is 0 Å². The van der Waals surface area contributed by atoms with E-state index in [2.05, 4.69) is 51.6 Å². The van der Waals surface area contributed by atoms with Crippen molar-refractivity contribution in [3.8, 4) is 0 Å². The van der Waals surface area contributed by atoms with Gasteiger partial charge in [0, 0.05) is 50.5 Å². The van der Waals surface area contributed by atoms with E-state index in [0.29, 0.717) is 11.5 Å². The van der Waals surface area contributed by atoms with Crippen LogP contribution in [0.25, 0.3) is 0 Å². The molecule has 2 fully saturated rings. The zero-order valence-corrected chi connectivity index (χ0v) is 14.1. The lowest BCUT2D eigenvalue weighted by atomic mass is 10.1. The molecule has 3 nitrogen and oxygen atoms in total. The van der Waals surface area contributed by atoms with Gasteiger partial charge in [-0.2, -0.15) is 0 Å². The van der Waals surface area contributed by atoms with Crippen molar-refractivity contribution in [1.82, 2.24) is 15.2 Å². The molecule has 1 unspecified atom stereocenters. The largest absolute Gasteiger partial charge is 0.313 e. The third kappa shape index (κ3) is 2.87. The van der Waals surface area contributed by atoms with Crippen LogP contribution < -0.4 is 5.32 Å². The third-order valence-corrected chi connectivity index (χ3v) is 6.07. The van der Waals surface area contributed by atoms with Gasteiger partial charge in [0.05, 0.1) is 0 Å². The van der Waals surface area contributed by atoms with Gasteiger partial charge in [-0.05, 0) is 47.4 Å². The summed E-state index contributed by atoms with van der Waals surface area (Å²) < 4.78 is 0. The summed E-state index contributed by atoms with van der Waals surface area (Å²) >= 11 is 0. The number of rotatable bonds is 6. The van der Waals surface area contributed by atoms with E-state index in [1.165, 1.54) is 49.0 Å². The van der Waals surface area contributed by atoms with Crippen LogP contribution in [0.5, 0.6) is 0 Å². The van der Waals surface area contributed by atoms with Crippen LogP contribution in [0.1, 0.15) is 41.9 Å². The molecular formula is C21H25N3. The second-order valence-electron chi connectivity index (χ2n) is 8.03. The van der Waals surface area contributed by atoms with Crippen molar-refractivity contribution in [3.05, 3.63) is 65.5 Å². The number of aromatic nitrogens is 1. The minimum absolute atomic E-state index is 0.527. The Balaban J connectivity index is 1.14. The van der Waals surface area contributed by atoms with Crippen LogP contribution in [0.4, 0.5) is 0 Å². The molecular weight excluding hydrogens is 294 g/mol. The van der Waals surface area contributed by atoms with Gasteiger partial charge in [-0.15, -0.1) is 0 Å². The number of nitrogens with zero attached hydrogens (tertiary/aromatic N) is 2. The predicted molar refractivity (Wildman–Crippen MR) is 95.6 cm³/mol. The monoisotopic (exact) mass is 319 g/mol. The normalized spacial score (nSPS) is 27.0. The standard InChI is InChI=1S/C21H25N3/c1-2-4-16(5-3-1)19-10-20(19)23-14-21(7-8-21)15-24-12-17-6-9-22-11-18(17)13-24/h1-6,9,11,19-20,23H,7-8,10,12-15H2/t19-,20?/m1/s1. The first-order valence-corrected chi connectivity index (χ1v) is 9.24. The van der Waals surface area contributed by atoms with E-state index >= 15 is 0 Å². The topological polar surface area (TPSA) is 28.2 Å². The van der Waals surface area contributed by atoms with Gasteiger partial charge in [0.15, 0.2) is 0 Å². The molecule has 1 aromatic carbocycles. The summed E-state index contributed by atoms with van der Waals surface area (Å²) in [5, 5.41) is 3.86. The maximum atomic E-state index is 4.27. The van der Waals surface area contributed by atoms with Gasteiger partial charge in [0.2, 0.25) is 0 Å². The van der Waals surface area contributed by atoms with Crippen LogP contribution >= 0.6 is 0 Å². The molecule has 1 aromatic heterocycles. The molecule has 0 spiro atoms. The molecule has 1 N–H and O–H groups in total. The molecule has 3 heteroatoms. The average molecular weight is 319 g/mol. The lowest BCUT2D eigenvalue weighted by Gasteiger charge is -2.23. The van der Waals surface area contributed by atoms with Gasteiger partial charge >= 0.3 is 0 Å². The molecule has 2 heterocycles. The van der Waals surface area contributed by atoms with Crippen molar-refractivity contribution in [2.75, 3.05) is 13.1 Å². The first kappa shape index (κ1) is 14.6. The van der Waals surface area contributed by atoms with E-state index in [0.717, 1.165) is 19.0 Å². The number of nitrogens with one attached hydrogen (secondary N) is 1. The van der Waals surface area contributed by atoms with Gasteiger partial charge in [-0.1, -0.05) is 30.3 Å². The Labute approximate surface area is 144 Å². The zero-order chi connectivity index (χ0) is 16.0. The van der Waals surface area contributed by atoms with Gasteiger partial charge in [-0.3, -0.25) is 9.88 Å². The van der Waals surface area contributed by atoms with Crippen LogP contribution in [0, 0.1) is 5.41 Å². The molecule has 0 saturated heterocycles. The second-order valence-corrected chi connectivity index (χ2v) is 8.03. The summed E-state index contributed by atoms with van der Waals surface area (Å²) in [6.45, 7) is 4.61. The molecule has 2 saturated carbocycles. The molecule has 124 valence electrons. The fourth-order valence-corrected chi connectivity index (χ4v) is 4.28. The van der Waals surface area contributed by atoms with Gasteiger partial charge < -0.3 is 5.32 Å². The summed E-state index contributed by atoms with van der Waals surface area (Å²) in [4.78, 5) is 6.88. The molecule has 2 aromatic rings. The highest BCUT2D eigenvalue weighted by atomic mass is 15.2. The first-order chi connectivity index (χ1) is 11.8. The Morgan fingerprint density at radius 2 is 1.92 bits per heavy atom. The minimum Gasteiger partial charge on any atom is -0.313 e. The minimum atomic E-state index is 0.527. The van der Waals surface area contributed by atoms with Crippen molar-refractivity contribution in [1.29, 1.82) is 0 Å². The van der Waals surface area contributed by atoms with Gasteiger partial charge in [0.25, 0.3) is 0 Å². The third-order valence-electron chi connectivity index (χ3n) is 6.07. The molecule has 0 radical (unpaired) electrons. The quantitative estimate of drug-likeness (QED) is 0.885. The smallest absolute Gasteiger partial charge is 0.0316 e. The fourth-order valence-electron chi connectivity index (χ4n) is 4.28. The summed E-state index contributed by atoms with van der Waals surface area (Å²) in [7, 11) is 0. The molecule has 24 heavy (non-hydrogen) atoms. The highest BCUT2D eigenvalue weighted by Crippen LogP contribution is 2.48. The van der Waals surface area contributed by atoms with Crippen molar-refractivity contribution in [2.24, 2.45) is 5.41 Å². The molecule has 0 bridgehead atoms. The number of pyridine rings is 1. The summed E-state index contributed by atoms with van der Waals surface area (Å²) in [6, 6.07) is 13.9. The molecule has 0 amide bonds. The Kier molecular flexibility index (Phi) is 3.46. The molecule has 3 aliphatic rings. The Bertz CT molecular complexity index is 698. The van der Waals surface area contributed by atoms with Crippen LogP contribution in [0.2, 0.25) is 0 Å². The number of fused-ring (bicyclic) bond motifs is 1. The van der Waals surface area contributed by atoms with Crippen LogP contribution in [-0.4, -0.2) is 29.0 Å². The number of hydrogen-bond donors (Lipinski definition) is 1.